The number of halogens is 4. The molecule has 0 aliphatic carbocycles. The van der Waals surface area contributed by atoms with Crippen LogP contribution in [-0.2, 0) is 9.84 Å². The number of hydrogen-bond donors (Lipinski definition) is 1. The highest BCUT2D eigenvalue weighted by Crippen LogP contribution is 2.31. The highest BCUT2D eigenvalue weighted by Gasteiger charge is 2.29. The maximum absolute atomic E-state index is 12.9. The minimum Gasteiger partial charge on any atom is -0.398 e. The van der Waals surface area contributed by atoms with Crippen molar-refractivity contribution in [3.8, 4) is 0 Å². The SMILES string of the molecule is Nc1ccc(F)cc1S(=O)(=O)CCSC(F)(F)F. The van der Waals surface area contributed by atoms with Crippen LogP contribution in [0.3, 0.4) is 0 Å². The van der Waals surface area contributed by atoms with Gasteiger partial charge in [0.2, 0.25) is 0 Å². The molecule has 0 spiro atoms. The summed E-state index contributed by atoms with van der Waals surface area (Å²) in [6.45, 7) is 0. The largest absolute Gasteiger partial charge is 0.441 e. The van der Waals surface area contributed by atoms with E-state index in [1.54, 1.807) is 0 Å². The van der Waals surface area contributed by atoms with Gasteiger partial charge >= 0.3 is 5.51 Å². The summed E-state index contributed by atoms with van der Waals surface area (Å²) in [5.41, 5.74) is 0.675. The second-order valence-electron chi connectivity index (χ2n) is 3.30. The Morgan fingerprint density at radius 3 is 2.44 bits per heavy atom. The maximum Gasteiger partial charge on any atom is 0.441 e. The quantitative estimate of drug-likeness (QED) is 0.685. The van der Waals surface area contributed by atoms with Gasteiger partial charge in [0.15, 0.2) is 9.84 Å². The fourth-order valence-corrected chi connectivity index (χ4v) is 3.54. The van der Waals surface area contributed by atoms with E-state index in [9.17, 15) is 26.0 Å². The Hall–Kier alpha value is -0.960. The van der Waals surface area contributed by atoms with Crippen molar-refractivity contribution >= 4 is 27.3 Å². The normalized spacial score (nSPS) is 12.7. The molecule has 0 saturated heterocycles. The smallest absolute Gasteiger partial charge is 0.398 e. The molecule has 0 aliphatic heterocycles. The van der Waals surface area contributed by atoms with Crippen LogP contribution in [0.25, 0.3) is 0 Å². The standard InChI is InChI=1S/C9H9F4NO2S2/c10-6-1-2-7(14)8(5-6)18(15,16)4-3-17-9(11,12)13/h1-2,5H,3-4,14H2. The van der Waals surface area contributed by atoms with Crippen LogP contribution in [0.1, 0.15) is 0 Å². The fourth-order valence-electron chi connectivity index (χ4n) is 1.15. The summed E-state index contributed by atoms with van der Waals surface area (Å²) in [6, 6.07) is 2.72. The summed E-state index contributed by atoms with van der Waals surface area (Å²) in [4.78, 5) is -0.481. The third-order valence-corrected chi connectivity index (χ3v) is 4.69. The van der Waals surface area contributed by atoms with Crippen molar-refractivity contribution in [2.75, 3.05) is 17.2 Å². The Balaban J connectivity index is 2.84. The number of nitrogen functional groups attached to an aromatic ring is 1. The van der Waals surface area contributed by atoms with Gasteiger partial charge in [-0.25, -0.2) is 12.8 Å². The number of alkyl halides is 3. The van der Waals surface area contributed by atoms with Crippen LogP contribution in [0, 0.1) is 5.82 Å². The van der Waals surface area contributed by atoms with Gasteiger partial charge in [-0.15, -0.1) is 0 Å². The van der Waals surface area contributed by atoms with Gasteiger partial charge < -0.3 is 5.73 Å². The van der Waals surface area contributed by atoms with E-state index in [0.29, 0.717) is 6.07 Å². The summed E-state index contributed by atoms with van der Waals surface area (Å²) in [5.74, 6) is -2.24. The zero-order chi connectivity index (χ0) is 14.0. The highest BCUT2D eigenvalue weighted by atomic mass is 32.2. The lowest BCUT2D eigenvalue weighted by Crippen LogP contribution is -2.14. The number of thioether (sulfide) groups is 1. The molecule has 18 heavy (non-hydrogen) atoms. The molecule has 9 heteroatoms. The molecular formula is C9H9F4NO2S2. The molecule has 0 atom stereocenters. The van der Waals surface area contributed by atoms with Crippen molar-refractivity contribution in [3.05, 3.63) is 24.0 Å². The van der Waals surface area contributed by atoms with Gasteiger partial charge in [-0.2, -0.15) is 13.2 Å². The fraction of sp³-hybridized carbons (Fsp3) is 0.333. The zero-order valence-electron chi connectivity index (χ0n) is 8.87. The van der Waals surface area contributed by atoms with Crippen LogP contribution in [0.4, 0.5) is 23.2 Å². The molecule has 3 nitrogen and oxygen atoms in total. The Labute approximate surface area is 105 Å². The number of rotatable bonds is 4. The number of benzene rings is 1. The topological polar surface area (TPSA) is 60.2 Å². The lowest BCUT2D eigenvalue weighted by atomic mass is 10.3. The molecule has 1 aromatic rings. The summed E-state index contributed by atoms with van der Waals surface area (Å²) < 4.78 is 71.8. The monoisotopic (exact) mass is 303 g/mol. The van der Waals surface area contributed by atoms with Crippen molar-refractivity contribution in [3.63, 3.8) is 0 Å². The lowest BCUT2D eigenvalue weighted by Gasteiger charge is -2.08. The van der Waals surface area contributed by atoms with Crippen molar-refractivity contribution in [1.29, 1.82) is 0 Å². The van der Waals surface area contributed by atoms with Crippen LogP contribution in [0.2, 0.25) is 0 Å². The van der Waals surface area contributed by atoms with E-state index in [1.807, 2.05) is 0 Å². The van der Waals surface area contributed by atoms with Gasteiger partial charge in [-0.05, 0) is 30.0 Å². The third-order valence-electron chi connectivity index (χ3n) is 1.93. The molecule has 0 unspecified atom stereocenters. The summed E-state index contributed by atoms with van der Waals surface area (Å²) in [5, 5.41) is 0. The lowest BCUT2D eigenvalue weighted by molar-refractivity contribution is -0.0326. The number of hydrogen-bond acceptors (Lipinski definition) is 4. The molecule has 0 radical (unpaired) electrons. The van der Waals surface area contributed by atoms with Crippen molar-refractivity contribution in [2.24, 2.45) is 0 Å². The molecule has 0 fully saturated rings. The minimum absolute atomic E-state index is 0.187. The molecule has 0 aromatic heterocycles. The average molecular weight is 303 g/mol. The summed E-state index contributed by atoms with van der Waals surface area (Å²) in [6.07, 6.45) is 0. The minimum atomic E-state index is -4.50. The second kappa shape index (κ2) is 5.35. The second-order valence-corrected chi connectivity index (χ2v) is 6.53. The van der Waals surface area contributed by atoms with Crippen LogP contribution in [0.15, 0.2) is 23.1 Å². The molecule has 0 aliphatic rings. The van der Waals surface area contributed by atoms with Gasteiger partial charge in [0, 0.05) is 5.75 Å². The summed E-state index contributed by atoms with van der Waals surface area (Å²) >= 11 is -0.449. The molecule has 0 amide bonds. The van der Waals surface area contributed by atoms with E-state index >= 15 is 0 Å². The van der Waals surface area contributed by atoms with Gasteiger partial charge in [-0.3, -0.25) is 0 Å². The molecule has 0 heterocycles. The molecule has 2 N–H and O–H groups in total. The predicted octanol–water partition coefficient (Wildman–Crippen LogP) is 2.43. The Morgan fingerprint density at radius 1 is 1.28 bits per heavy atom. The van der Waals surface area contributed by atoms with Crippen LogP contribution >= 0.6 is 11.8 Å². The molecular weight excluding hydrogens is 294 g/mol. The Kier molecular flexibility index (Phi) is 4.49. The van der Waals surface area contributed by atoms with E-state index in [1.165, 1.54) is 0 Å². The van der Waals surface area contributed by atoms with E-state index in [0.717, 1.165) is 12.1 Å². The van der Waals surface area contributed by atoms with Crippen molar-refractivity contribution in [1.82, 2.24) is 0 Å². The van der Waals surface area contributed by atoms with Crippen LogP contribution < -0.4 is 5.73 Å². The first-order valence-corrected chi connectivity index (χ1v) is 7.24. The first-order valence-electron chi connectivity index (χ1n) is 4.60. The van der Waals surface area contributed by atoms with Crippen molar-refractivity contribution < 1.29 is 26.0 Å². The van der Waals surface area contributed by atoms with Crippen molar-refractivity contribution in [2.45, 2.75) is 10.4 Å². The number of sulfone groups is 1. The van der Waals surface area contributed by atoms with E-state index in [4.69, 9.17) is 5.73 Å². The van der Waals surface area contributed by atoms with Gasteiger partial charge in [0.05, 0.1) is 16.3 Å². The molecule has 1 aromatic carbocycles. The number of nitrogens with two attached hydrogens (primary N) is 1. The number of anilines is 1. The first-order chi connectivity index (χ1) is 8.12. The third kappa shape index (κ3) is 4.37. The van der Waals surface area contributed by atoms with E-state index in [2.05, 4.69) is 0 Å². The Morgan fingerprint density at radius 2 is 1.89 bits per heavy atom. The predicted molar refractivity (Wildman–Crippen MR) is 61.4 cm³/mol. The van der Waals surface area contributed by atoms with E-state index in [-0.39, 0.29) is 5.69 Å². The van der Waals surface area contributed by atoms with Crippen LogP contribution in [-0.4, -0.2) is 25.4 Å². The average Bonchev–Trinajstić information content (AvgIpc) is 2.19. The van der Waals surface area contributed by atoms with Crippen LogP contribution in [0.5, 0.6) is 0 Å². The Bertz CT molecular complexity index is 528. The van der Waals surface area contributed by atoms with E-state index < -0.39 is 49.3 Å². The summed E-state index contributed by atoms with van der Waals surface area (Å²) in [7, 11) is -4.02. The molecule has 0 bridgehead atoms. The van der Waals surface area contributed by atoms with Gasteiger partial charge in [-0.1, -0.05) is 0 Å². The van der Waals surface area contributed by atoms with Gasteiger partial charge in [0.25, 0.3) is 0 Å². The zero-order valence-corrected chi connectivity index (χ0v) is 10.5. The molecule has 102 valence electrons. The molecule has 0 saturated carbocycles. The highest BCUT2D eigenvalue weighted by molar-refractivity contribution is 8.01. The first kappa shape index (κ1) is 15.1. The maximum atomic E-state index is 12.9. The molecule has 1 rings (SSSR count). The van der Waals surface area contributed by atoms with Gasteiger partial charge in [0.1, 0.15) is 5.82 Å².